The summed E-state index contributed by atoms with van der Waals surface area (Å²) < 4.78 is 32.0. The lowest BCUT2D eigenvalue weighted by molar-refractivity contribution is -0.145. The third-order valence-electron chi connectivity index (χ3n) is 3.53. The minimum Gasteiger partial charge on any atom is -0.469 e. The van der Waals surface area contributed by atoms with Gasteiger partial charge in [-0.25, -0.2) is 8.42 Å². The molecule has 1 aliphatic carbocycles. The van der Waals surface area contributed by atoms with Crippen LogP contribution in [0.25, 0.3) is 0 Å². The Balaban J connectivity index is 2.21. The molecule has 1 saturated carbocycles. The molecule has 1 aromatic carbocycles. The lowest BCUT2D eigenvalue weighted by atomic mass is 10.1. The number of carbonyl (C=O) groups is 1. The van der Waals surface area contributed by atoms with Crippen LogP contribution in [0.3, 0.4) is 0 Å². The first-order valence-electron chi connectivity index (χ1n) is 6.39. The van der Waals surface area contributed by atoms with E-state index in [2.05, 4.69) is 9.46 Å². The monoisotopic (exact) mass is 351 g/mol. The molecule has 21 heavy (non-hydrogen) atoms. The topological polar surface area (TPSA) is 72.5 Å². The first-order valence-corrected chi connectivity index (χ1v) is 8.70. The van der Waals surface area contributed by atoms with Crippen LogP contribution in [0.4, 0.5) is 5.69 Å². The second-order valence-corrected chi connectivity index (χ2v) is 7.59. The van der Waals surface area contributed by atoms with Crippen LogP contribution < -0.4 is 4.72 Å². The summed E-state index contributed by atoms with van der Waals surface area (Å²) in [6.45, 7) is 0. The minimum absolute atomic E-state index is 0.257. The quantitative estimate of drug-likeness (QED) is 0.846. The Morgan fingerprint density at radius 2 is 2.00 bits per heavy atom. The average Bonchev–Trinajstić information content (AvgIpc) is 2.92. The van der Waals surface area contributed by atoms with Gasteiger partial charge in [-0.15, -0.1) is 0 Å². The highest BCUT2D eigenvalue weighted by Crippen LogP contribution is 2.33. The molecule has 2 unspecified atom stereocenters. The molecule has 2 atom stereocenters. The maximum absolute atomic E-state index is 12.4. The van der Waals surface area contributed by atoms with Gasteiger partial charge >= 0.3 is 5.97 Å². The molecule has 5 nitrogen and oxygen atoms in total. The van der Waals surface area contributed by atoms with Gasteiger partial charge in [-0.05, 0) is 31.0 Å². The van der Waals surface area contributed by atoms with E-state index >= 15 is 0 Å². The van der Waals surface area contributed by atoms with E-state index in [1.54, 1.807) is 0 Å². The molecule has 1 fully saturated rings. The SMILES string of the molecule is COC(=O)C1CCCC1S(=O)(=O)Nc1ccc(Cl)c(Cl)c1. The van der Waals surface area contributed by atoms with Crippen molar-refractivity contribution in [2.24, 2.45) is 5.92 Å². The normalized spacial score (nSPS) is 22.0. The highest BCUT2D eigenvalue weighted by Gasteiger charge is 2.42. The lowest BCUT2D eigenvalue weighted by Gasteiger charge is -2.19. The fourth-order valence-corrected chi connectivity index (χ4v) is 4.58. The van der Waals surface area contributed by atoms with Crippen molar-refractivity contribution in [1.29, 1.82) is 0 Å². The van der Waals surface area contributed by atoms with Crippen molar-refractivity contribution in [2.75, 3.05) is 11.8 Å². The Bertz CT molecular complexity index is 648. The smallest absolute Gasteiger partial charge is 0.310 e. The van der Waals surface area contributed by atoms with Crippen molar-refractivity contribution in [3.63, 3.8) is 0 Å². The number of hydrogen-bond donors (Lipinski definition) is 1. The van der Waals surface area contributed by atoms with E-state index in [-0.39, 0.29) is 5.02 Å². The number of rotatable bonds is 4. The molecule has 1 aromatic rings. The van der Waals surface area contributed by atoms with E-state index in [4.69, 9.17) is 23.2 Å². The van der Waals surface area contributed by atoms with Crippen molar-refractivity contribution in [2.45, 2.75) is 24.5 Å². The molecule has 0 spiro atoms. The zero-order valence-corrected chi connectivity index (χ0v) is 13.6. The van der Waals surface area contributed by atoms with E-state index in [0.29, 0.717) is 30.0 Å². The van der Waals surface area contributed by atoms with Gasteiger partial charge < -0.3 is 4.74 Å². The summed E-state index contributed by atoms with van der Waals surface area (Å²) in [6.07, 6.45) is 1.61. The number of esters is 1. The Kier molecular flexibility index (Phi) is 5.01. The third-order valence-corrected chi connectivity index (χ3v) is 6.16. The number of nitrogens with one attached hydrogen (secondary N) is 1. The molecule has 0 saturated heterocycles. The van der Waals surface area contributed by atoms with Gasteiger partial charge in [0.05, 0.1) is 34.0 Å². The summed E-state index contributed by atoms with van der Waals surface area (Å²) in [5.41, 5.74) is 0.319. The summed E-state index contributed by atoms with van der Waals surface area (Å²) in [4.78, 5) is 11.7. The molecular formula is C13H15Cl2NO4S. The Labute approximate surface area is 133 Å². The van der Waals surface area contributed by atoms with Gasteiger partial charge in [-0.2, -0.15) is 0 Å². The van der Waals surface area contributed by atoms with Crippen molar-refractivity contribution in [1.82, 2.24) is 0 Å². The van der Waals surface area contributed by atoms with E-state index < -0.39 is 27.2 Å². The maximum atomic E-state index is 12.4. The number of anilines is 1. The predicted octanol–water partition coefficient (Wildman–Crippen LogP) is 3.08. The molecule has 0 aromatic heterocycles. The average molecular weight is 352 g/mol. The largest absolute Gasteiger partial charge is 0.469 e. The Hall–Kier alpha value is -0.980. The lowest BCUT2D eigenvalue weighted by Crippen LogP contribution is -2.35. The number of sulfonamides is 1. The highest BCUT2D eigenvalue weighted by atomic mass is 35.5. The molecule has 2 rings (SSSR count). The van der Waals surface area contributed by atoms with E-state index in [0.717, 1.165) is 0 Å². The summed E-state index contributed by atoms with van der Waals surface area (Å²) in [6, 6.07) is 4.46. The minimum atomic E-state index is -3.70. The predicted molar refractivity (Wildman–Crippen MR) is 82.1 cm³/mol. The zero-order chi connectivity index (χ0) is 15.6. The second kappa shape index (κ2) is 6.42. The molecule has 0 aliphatic heterocycles. The molecule has 1 N–H and O–H groups in total. The van der Waals surface area contributed by atoms with Crippen molar-refractivity contribution in [3.8, 4) is 0 Å². The molecule has 8 heteroatoms. The van der Waals surface area contributed by atoms with Crippen LogP contribution in [0.2, 0.25) is 10.0 Å². The molecule has 0 bridgehead atoms. The van der Waals surface area contributed by atoms with E-state index in [9.17, 15) is 13.2 Å². The summed E-state index contributed by atoms with van der Waals surface area (Å²) in [7, 11) is -2.44. The van der Waals surface area contributed by atoms with Crippen LogP contribution in [0.1, 0.15) is 19.3 Å². The highest BCUT2D eigenvalue weighted by molar-refractivity contribution is 7.93. The summed E-state index contributed by atoms with van der Waals surface area (Å²) in [5.74, 6) is -1.12. The van der Waals surface area contributed by atoms with Crippen LogP contribution in [0, 0.1) is 5.92 Å². The van der Waals surface area contributed by atoms with E-state index in [1.165, 1.54) is 25.3 Å². The van der Waals surface area contributed by atoms with E-state index in [1.807, 2.05) is 0 Å². The second-order valence-electron chi connectivity index (χ2n) is 4.87. The van der Waals surface area contributed by atoms with Crippen molar-refractivity contribution in [3.05, 3.63) is 28.2 Å². The maximum Gasteiger partial charge on any atom is 0.310 e. The number of ether oxygens (including phenoxy) is 1. The molecule has 1 aliphatic rings. The Morgan fingerprint density at radius 3 is 2.62 bits per heavy atom. The van der Waals surface area contributed by atoms with Gasteiger partial charge in [-0.1, -0.05) is 29.6 Å². The fourth-order valence-electron chi connectivity index (χ4n) is 2.52. The third kappa shape index (κ3) is 3.62. The van der Waals surface area contributed by atoms with Crippen LogP contribution in [-0.4, -0.2) is 26.7 Å². The molecular weight excluding hydrogens is 337 g/mol. The Morgan fingerprint density at radius 1 is 1.29 bits per heavy atom. The first kappa shape index (κ1) is 16.4. The standard InChI is InChI=1S/C13H15Cl2NO4S/c1-20-13(17)9-3-2-4-12(9)21(18,19)16-8-5-6-10(14)11(15)7-8/h5-7,9,12,16H,2-4H2,1H3. The van der Waals surface area contributed by atoms with Crippen LogP contribution in [0.15, 0.2) is 18.2 Å². The molecule has 116 valence electrons. The van der Waals surface area contributed by atoms with Crippen molar-refractivity contribution >= 4 is 44.9 Å². The molecule has 0 amide bonds. The molecule has 0 radical (unpaired) electrons. The fraction of sp³-hybridized carbons (Fsp3) is 0.462. The zero-order valence-electron chi connectivity index (χ0n) is 11.3. The number of benzene rings is 1. The van der Waals surface area contributed by atoms with Crippen LogP contribution >= 0.6 is 23.2 Å². The number of carbonyl (C=O) groups excluding carboxylic acids is 1. The van der Waals surface area contributed by atoms with Gasteiger partial charge in [0, 0.05) is 0 Å². The molecule has 0 heterocycles. The first-order chi connectivity index (χ1) is 9.85. The van der Waals surface area contributed by atoms with Crippen LogP contribution in [0.5, 0.6) is 0 Å². The van der Waals surface area contributed by atoms with Crippen LogP contribution in [-0.2, 0) is 19.6 Å². The van der Waals surface area contributed by atoms with Gasteiger partial charge in [0.1, 0.15) is 0 Å². The van der Waals surface area contributed by atoms with Gasteiger partial charge in [0.2, 0.25) is 10.0 Å². The van der Waals surface area contributed by atoms with Gasteiger partial charge in [0.25, 0.3) is 0 Å². The number of halogens is 2. The summed E-state index contributed by atoms with van der Waals surface area (Å²) in [5, 5.41) is -0.194. The van der Waals surface area contributed by atoms with Gasteiger partial charge in [-0.3, -0.25) is 9.52 Å². The number of hydrogen-bond acceptors (Lipinski definition) is 4. The van der Waals surface area contributed by atoms with Gasteiger partial charge in [0.15, 0.2) is 0 Å². The number of methoxy groups -OCH3 is 1. The summed E-state index contributed by atoms with van der Waals surface area (Å²) >= 11 is 11.7. The van der Waals surface area contributed by atoms with Crippen molar-refractivity contribution < 1.29 is 17.9 Å².